The Hall–Kier alpha value is -1.68. The lowest BCUT2D eigenvalue weighted by molar-refractivity contribution is -0.127. The molecule has 102 valence electrons. The van der Waals surface area contributed by atoms with E-state index in [1.54, 1.807) is 11.9 Å². The number of carbonyl (C=O) groups is 1. The van der Waals surface area contributed by atoms with Crippen LogP contribution >= 0.6 is 12.2 Å². The SMILES string of the molecule is CCN(/C=C(\C)c1ccccc1)C(=O)CC(=S)NC. The molecule has 0 aliphatic carbocycles. The lowest BCUT2D eigenvalue weighted by atomic mass is 10.1. The van der Waals surface area contributed by atoms with Gasteiger partial charge in [0.05, 0.1) is 11.4 Å². The maximum absolute atomic E-state index is 12.1. The summed E-state index contributed by atoms with van der Waals surface area (Å²) in [5.74, 6) is 0.0112. The maximum Gasteiger partial charge on any atom is 0.233 e. The van der Waals surface area contributed by atoms with Crippen LogP contribution in [0.15, 0.2) is 36.5 Å². The van der Waals surface area contributed by atoms with Crippen LogP contribution in [0.5, 0.6) is 0 Å². The van der Waals surface area contributed by atoms with Gasteiger partial charge in [0.15, 0.2) is 0 Å². The van der Waals surface area contributed by atoms with E-state index in [9.17, 15) is 4.79 Å². The number of hydrogen-bond acceptors (Lipinski definition) is 2. The van der Waals surface area contributed by atoms with Crippen molar-refractivity contribution in [3.05, 3.63) is 42.1 Å². The van der Waals surface area contributed by atoms with Crippen molar-refractivity contribution in [2.45, 2.75) is 20.3 Å². The van der Waals surface area contributed by atoms with E-state index in [1.807, 2.05) is 50.4 Å². The summed E-state index contributed by atoms with van der Waals surface area (Å²) < 4.78 is 0. The molecule has 0 aliphatic rings. The van der Waals surface area contributed by atoms with Crippen LogP contribution in [0.2, 0.25) is 0 Å². The lowest BCUT2D eigenvalue weighted by Gasteiger charge is -2.18. The first-order valence-electron chi connectivity index (χ1n) is 6.32. The van der Waals surface area contributed by atoms with Crippen molar-refractivity contribution in [3.63, 3.8) is 0 Å². The third-order valence-electron chi connectivity index (χ3n) is 2.83. The molecule has 0 heterocycles. The molecule has 0 bridgehead atoms. The normalized spacial score (nSPS) is 11.0. The van der Waals surface area contributed by atoms with Crippen LogP contribution in [0.3, 0.4) is 0 Å². The second-order valence-corrected chi connectivity index (χ2v) is 4.70. The number of nitrogens with zero attached hydrogens (tertiary/aromatic N) is 1. The molecule has 1 rings (SSSR count). The van der Waals surface area contributed by atoms with Crippen molar-refractivity contribution in [1.82, 2.24) is 10.2 Å². The average molecular weight is 276 g/mol. The number of amides is 1. The van der Waals surface area contributed by atoms with Gasteiger partial charge >= 0.3 is 0 Å². The van der Waals surface area contributed by atoms with E-state index in [0.717, 1.165) is 11.1 Å². The molecule has 0 saturated carbocycles. The van der Waals surface area contributed by atoms with Crippen LogP contribution < -0.4 is 5.32 Å². The van der Waals surface area contributed by atoms with Crippen molar-refractivity contribution in [1.29, 1.82) is 0 Å². The minimum Gasteiger partial charge on any atom is -0.382 e. The first kappa shape index (κ1) is 15.4. The predicted octanol–water partition coefficient (Wildman–Crippen LogP) is 2.83. The summed E-state index contributed by atoms with van der Waals surface area (Å²) in [4.78, 5) is 14.3. The van der Waals surface area contributed by atoms with E-state index in [0.29, 0.717) is 11.5 Å². The highest BCUT2D eigenvalue weighted by atomic mass is 32.1. The van der Waals surface area contributed by atoms with E-state index in [-0.39, 0.29) is 12.3 Å². The van der Waals surface area contributed by atoms with E-state index < -0.39 is 0 Å². The highest BCUT2D eigenvalue weighted by Crippen LogP contribution is 2.14. The summed E-state index contributed by atoms with van der Waals surface area (Å²) in [6, 6.07) is 10.0. The molecule has 0 aromatic heterocycles. The Morgan fingerprint density at radius 3 is 2.53 bits per heavy atom. The fraction of sp³-hybridized carbons (Fsp3) is 0.333. The van der Waals surface area contributed by atoms with Gasteiger partial charge in [-0.3, -0.25) is 4.79 Å². The summed E-state index contributed by atoms with van der Waals surface area (Å²) in [7, 11) is 1.73. The number of hydrogen-bond donors (Lipinski definition) is 1. The molecule has 1 amide bonds. The fourth-order valence-electron chi connectivity index (χ4n) is 1.68. The Morgan fingerprint density at radius 1 is 1.37 bits per heavy atom. The Labute approximate surface area is 120 Å². The van der Waals surface area contributed by atoms with Crippen LogP contribution in [-0.2, 0) is 4.79 Å². The third-order valence-corrected chi connectivity index (χ3v) is 3.18. The first-order valence-corrected chi connectivity index (χ1v) is 6.73. The molecule has 4 heteroatoms. The molecule has 0 atom stereocenters. The van der Waals surface area contributed by atoms with E-state index in [1.165, 1.54) is 0 Å². The molecule has 0 aliphatic heterocycles. The maximum atomic E-state index is 12.1. The van der Waals surface area contributed by atoms with Crippen molar-refractivity contribution in [2.24, 2.45) is 0 Å². The number of rotatable bonds is 5. The zero-order valence-corrected chi connectivity index (χ0v) is 12.5. The zero-order chi connectivity index (χ0) is 14.3. The molecule has 0 fully saturated rings. The number of carbonyl (C=O) groups excluding carboxylic acids is 1. The van der Waals surface area contributed by atoms with Crippen molar-refractivity contribution >= 4 is 28.7 Å². The standard InChI is InChI=1S/C15H20N2OS/c1-4-17(15(18)10-14(19)16-3)11-12(2)13-8-6-5-7-9-13/h5-9,11H,4,10H2,1-3H3,(H,16,19)/b12-11+. The highest BCUT2D eigenvalue weighted by Gasteiger charge is 2.11. The van der Waals surface area contributed by atoms with Crippen molar-refractivity contribution < 1.29 is 4.79 Å². The van der Waals surface area contributed by atoms with Gasteiger partial charge in [-0.1, -0.05) is 42.5 Å². The zero-order valence-electron chi connectivity index (χ0n) is 11.6. The largest absolute Gasteiger partial charge is 0.382 e. The summed E-state index contributed by atoms with van der Waals surface area (Å²) in [6.07, 6.45) is 2.13. The van der Waals surface area contributed by atoms with E-state index in [2.05, 4.69) is 5.32 Å². The molecule has 0 spiro atoms. The van der Waals surface area contributed by atoms with Gasteiger partial charge in [-0.2, -0.15) is 0 Å². The van der Waals surface area contributed by atoms with Crippen LogP contribution in [0.25, 0.3) is 5.57 Å². The Bertz CT molecular complexity index is 468. The molecule has 0 unspecified atom stereocenters. The lowest BCUT2D eigenvalue weighted by Crippen LogP contribution is -2.30. The predicted molar refractivity (Wildman–Crippen MR) is 83.8 cm³/mol. The molecule has 1 aromatic carbocycles. The second-order valence-electron chi connectivity index (χ2n) is 4.21. The molecule has 19 heavy (non-hydrogen) atoms. The van der Waals surface area contributed by atoms with Gasteiger partial charge in [0.1, 0.15) is 0 Å². The van der Waals surface area contributed by atoms with Gasteiger partial charge in [-0.25, -0.2) is 0 Å². The topological polar surface area (TPSA) is 32.3 Å². The molecule has 0 radical (unpaired) electrons. The quantitative estimate of drug-likeness (QED) is 0.839. The highest BCUT2D eigenvalue weighted by molar-refractivity contribution is 7.80. The van der Waals surface area contributed by atoms with Gasteiger partial charge in [-0.15, -0.1) is 0 Å². The fourth-order valence-corrected chi connectivity index (χ4v) is 1.80. The van der Waals surface area contributed by atoms with Crippen molar-refractivity contribution in [3.8, 4) is 0 Å². The number of thiocarbonyl (C=S) groups is 1. The van der Waals surface area contributed by atoms with Crippen molar-refractivity contribution in [2.75, 3.05) is 13.6 Å². The van der Waals surface area contributed by atoms with E-state index >= 15 is 0 Å². The number of allylic oxidation sites excluding steroid dienone is 1. The Morgan fingerprint density at radius 2 is 2.00 bits per heavy atom. The van der Waals surface area contributed by atoms with Gasteiger partial charge in [0.25, 0.3) is 0 Å². The summed E-state index contributed by atoms with van der Waals surface area (Å²) in [6.45, 7) is 4.59. The molecular weight excluding hydrogens is 256 g/mol. The van der Waals surface area contributed by atoms with Crippen LogP contribution in [0.4, 0.5) is 0 Å². The minimum absolute atomic E-state index is 0.0112. The Kier molecular flexibility index (Phi) is 6.22. The summed E-state index contributed by atoms with van der Waals surface area (Å²) in [5.41, 5.74) is 2.18. The van der Waals surface area contributed by atoms with Gasteiger partial charge in [0, 0.05) is 19.8 Å². The summed E-state index contributed by atoms with van der Waals surface area (Å²) in [5, 5.41) is 2.82. The second kappa shape index (κ2) is 7.69. The monoisotopic (exact) mass is 276 g/mol. The molecular formula is C15H20N2OS. The first-order chi connectivity index (χ1) is 9.08. The van der Waals surface area contributed by atoms with Crippen LogP contribution in [0.1, 0.15) is 25.8 Å². The molecule has 1 N–H and O–H groups in total. The third kappa shape index (κ3) is 4.83. The number of benzene rings is 1. The molecule has 1 aromatic rings. The van der Waals surface area contributed by atoms with Gasteiger partial charge in [0.2, 0.25) is 5.91 Å². The summed E-state index contributed by atoms with van der Waals surface area (Å²) >= 11 is 5.03. The van der Waals surface area contributed by atoms with Gasteiger partial charge in [-0.05, 0) is 25.0 Å². The molecule has 0 saturated heterocycles. The smallest absolute Gasteiger partial charge is 0.233 e. The van der Waals surface area contributed by atoms with E-state index in [4.69, 9.17) is 12.2 Å². The Balaban J connectivity index is 2.81. The van der Waals surface area contributed by atoms with Crippen LogP contribution in [-0.4, -0.2) is 29.4 Å². The average Bonchev–Trinajstić information content (AvgIpc) is 2.44. The van der Waals surface area contributed by atoms with Crippen LogP contribution in [0, 0.1) is 0 Å². The van der Waals surface area contributed by atoms with Gasteiger partial charge < -0.3 is 10.2 Å². The minimum atomic E-state index is 0.0112. The molecule has 3 nitrogen and oxygen atoms in total. The number of nitrogens with one attached hydrogen (secondary N) is 1.